The number of carboxylic acids is 1. The topological polar surface area (TPSA) is 57.6 Å². The number of hydrogen-bond donors (Lipinski definition) is 1. The van der Waals surface area contributed by atoms with E-state index in [4.69, 9.17) is 0 Å². The Balaban J connectivity index is 2.06. The van der Waals surface area contributed by atoms with Gasteiger partial charge >= 0.3 is 5.97 Å². The normalized spacial score (nSPS) is 31.9. The summed E-state index contributed by atoms with van der Waals surface area (Å²) in [5, 5.41) is 11.2. The minimum atomic E-state index is -0.897. The van der Waals surface area contributed by atoms with Gasteiger partial charge in [0.15, 0.2) is 0 Å². The predicted molar refractivity (Wildman–Crippen MR) is 66.0 cm³/mol. The van der Waals surface area contributed by atoms with Crippen molar-refractivity contribution in [1.29, 1.82) is 0 Å². The number of thioether (sulfide) groups is 1. The van der Waals surface area contributed by atoms with Gasteiger partial charge in [0.2, 0.25) is 5.91 Å². The molecule has 0 spiro atoms. The Morgan fingerprint density at radius 3 is 3.06 bits per heavy atom. The van der Waals surface area contributed by atoms with Gasteiger partial charge < -0.3 is 10.0 Å². The predicted octanol–water partition coefficient (Wildman–Crippen LogP) is 1.72. The number of carbonyl (C=O) groups is 2. The maximum atomic E-state index is 11.9. The Hall–Kier alpha value is -1.01. The third kappa shape index (κ3) is 1.43. The lowest BCUT2D eigenvalue weighted by molar-refractivity contribution is -0.148. The van der Waals surface area contributed by atoms with Gasteiger partial charge in [0.1, 0.15) is 10.9 Å². The highest BCUT2D eigenvalue weighted by Crippen LogP contribution is 2.55. The van der Waals surface area contributed by atoms with E-state index in [1.54, 1.807) is 28.0 Å². The largest absolute Gasteiger partial charge is 0.480 e. The number of fused-ring (bicyclic) bond motifs is 1. The van der Waals surface area contributed by atoms with Crippen molar-refractivity contribution in [1.82, 2.24) is 4.90 Å². The van der Waals surface area contributed by atoms with Crippen molar-refractivity contribution in [3.05, 3.63) is 22.4 Å². The molecule has 2 aliphatic rings. The van der Waals surface area contributed by atoms with Gasteiger partial charge in [-0.3, -0.25) is 4.79 Å². The molecule has 2 saturated heterocycles. The van der Waals surface area contributed by atoms with Crippen LogP contribution in [0.2, 0.25) is 0 Å². The number of carbonyl (C=O) groups excluding carboxylic acids is 1. The van der Waals surface area contributed by atoms with E-state index in [2.05, 4.69) is 0 Å². The number of rotatable bonds is 2. The standard InChI is InChI=1S/C11H11NO3S2/c13-9-3-4-11(8-2-1-5-16-8)12(9)7(6-17-11)10(14)15/h1-2,5,7H,3-4,6H2,(H,14,15)/t7-,11+/m1/s1. The zero-order valence-corrected chi connectivity index (χ0v) is 10.6. The minimum Gasteiger partial charge on any atom is -0.480 e. The highest BCUT2D eigenvalue weighted by Gasteiger charge is 2.57. The second kappa shape index (κ2) is 3.74. The molecule has 0 aliphatic carbocycles. The number of carboxylic acid groups (broad SMARTS) is 1. The molecule has 0 radical (unpaired) electrons. The fourth-order valence-corrected chi connectivity index (χ4v) is 5.29. The molecule has 90 valence electrons. The fraction of sp³-hybridized carbons (Fsp3) is 0.455. The van der Waals surface area contributed by atoms with Crippen LogP contribution in [0.1, 0.15) is 17.7 Å². The zero-order chi connectivity index (χ0) is 12.0. The molecule has 2 fully saturated rings. The van der Waals surface area contributed by atoms with Gasteiger partial charge in [0.05, 0.1) is 0 Å². The Labute approximate surface area is 107 Å². The van der Waals surface area contributed by atoms with E-state index in [9.17, 15) is 14.7 Å². The van der Waals surface area contributed by atoms with Crippen molar-refractivity contribution in [3.63, 3.8) is 0 Å². The van der Waals surface area contributed by atoms with Crippen molar-refractivity contribution in [3.8, 4) is 0 Å². The lowest BCUT2D eigenvalue weighted by Gasteiger charge is -2.31. The number of hydrogen-bond acceptors (Lipinski definition) is 4. The monoisotopic (exact) mass is 269 g/mol. The first-order valence-corrected chi connectivity index (χ1v) is 7.24. The summed E-state index contributed by atoms with van der Waals surface area (Å²) in [6.45, 7) is 0. The highest BCUT2D eigenvalue weighted by molar-refractivity contribution is 8.00. The van der Waals surface area contributed by atoms with E-state index in [1.165, 1.54) is 0 Å². The van der Waals surface area contributed by atoms with Crippen LogP contribution in [-0.2, 0) is 14.5 Å². The summed E-state index contributed by atoms with van der Waals surface area (Å²) in [6.07, 6.45) is 1.18. The zero-order valence-electron chi connectivity index (χ0n) is 8.96. The molecule has 4 nitrogen and oxygen atoms in total. The molecule has 0 bridgehead atoms. The Kier molecular flexibility index (Phi) is 2.45. The minimum absolute atomic E-state index is 0.0317. The Morgan fingerprint density at radius 1 is 1.59 bits per heavy atom. The second-order valence-corrected chi connectivity index (χ2v) is 6.44. The van der Waals surface area contributed by atoms with Crippen molar-refractivity contribution in [2.45, 2.75) is 23.8 Å². The van der Waals surface area contributed by atoms with Gasteiger partial charge in [-0.1, -0.05) is 6.07 Å². The molecule has 0 saturated carbocycles. The number of aliphatic carboxylic acids is 1. The van der Waals surface area contributed by atoms with Crippen LogP contribution in [0.25, 0.3) is 0 Å². The van der Waals surface area contributed by atoms with Crippen LogP contribution in [-0.4, -0.2) is 33.7 Å². The molecule has 17 heavy (non-hydrogen) atoms. The fourth-order valence-electron chi connectivity index (χ4n) is 2.57. The lowest BCUT2D eigenvalue weighted by atomic mass is 10.1. The molecule has 3 rings (SSSR count). The van der Waals surface area contributed by atoms with Gasteiger partial charge in [-0.15, -0.1) is 23.1 Å². The SMILES string of the molecule is O=C(O)[C@H]1CS[C@]2(c3cccs3)CCC(=O)N12. The van der Waals surface area contributed by atoms with Crippen LogP contribution in [0.5, 0.6) is 0 Å². The van der Waals surface area contributed by atoms with Crippen molar-refractivity contribution < 1.29 is 14.7 Å². The molecule has 1 aromatic heterocycles. The summed E-state index contributed by atoms with van der Waals surface area (Å²) >= 11 is 3.19. The second-order valence-electron chi connectivity index (χ2n) is 4.19. The Morgan fingerprint density at radius 2 is 2.41 bits per heavy atom. The van der Waals surface area contributed by atoms with Crippen LogP contribution < -0.4 is 0 Å². The van der Waals surface area contributed by atoms with Crippen LogP contribution in [0, 0.1) is 0 Å². The van der Waals surface area contributed by atoms with Crippen molar-refractivity contribution in [2.75, 3.05) is 5.75 Å². The van der Waals surface area contributed by atoms with Crippen LogP contribution >= 0.6 is 23.1 Å². The third-order valence-electron chi connectivity index (χ3n) is 3.32. The van der Waals surface area contributed by atoms with Gasteiger partial charge in [-0.05, 0) is 17.9 Å². The molecule has 1 amide bonds. The van der Waals surface area contributed by atoms with E-state index in [1.807, 2.05) is 17.5 Å². The highest BCUT2D eigenvalue weighted by atomic mass is 32.2. The summed E-state index contributed by atoms with van der Waals surface area (Å²) in [6, 6.07) is 3.27. The Bertz CT molecular complexity index is 473. The number of amides is 1. The smallest absolute Gasteiger partial charge is 0.327 e. The van der Waals surface area contributed by atoms with Gasteiger partial charge in [-0.25, -0.2) is 4.79 Å². The van der Waals surface area contributed by atoms with Crippen LogP contribution in [0.3, 0.4) is 0 Å². The average Bonchev–Trinajstić information content (AvgIpc) is 2.95. The molecule has 2 aliphatic heterocycles. The summed E-state index contributed by atoms with van der Waals surface area (Å²) in [5.74, 6) is -0.444. The molecule has 1 N–H and O–H groups in total. The first-order valence-electron chi connectivity index (χ1n) is 5.38. The molecular formula is C11H11NO3S2. The van der Waals surface area contributed by atoms with Crippen LogP contribution in [0.4, 0.5) is 0 Å². The van der Waals surface area contributed by atoms with Gasteiger partial charge in [0.25, 0.3) is 0 Å². The summed E-state index contributed by atoms with van der Waals surface area (Å²) < 4.78 is 0. The quantitative estimate of drug-likeness (QED) is 0.888. The molecule has 1 aromatic rings. The van der Waals surface area contributed by atoms with Crippen molar-refractivity contribution in [2.24, 2.45) is 0 Å². The molecule has 6 heteroatoms. The molecule has 2 atom stereocenters. The first-order chi connectivity index (χ1) is 8.15. The van der Waals surface area contributed by atoms with E-state index < -0.39 is 16.9 Å². The summed E-state index contributed by atoms with van der Waals surface area (Å²) in [5.41, 5.74) is 0. The average molecular weight is 269 g/mol. The number of thiophene rings is 1. The lowest BCUT2D eigenvalue weighted by Crippen LogP contribution is -2.45. The van der Waals surface area contributed by atoms with Crippen molar-refractivity contribution >= 4 is 35.0 Å². The van der Waals surface area contributed by atoms with Gasteiger partial charge in [-0.2, -0.15) is 0 Å². The summed E-state index contributed by atoms with van der Waals surface area (Å²) in [4.78, 5) is 25.4. The molecule has 3 heterocycles. The first kappa shape index (κ1) is 11.1. The van der Waals surface area contributed by atoms with E-state index in [0.717, 1.165) is 11.3 Å². The maximum Gasteiger partial charge on any atom is 0.327 e. The third-order valence-corrected chi connectivity index (χ3v) is 6.05. The molecular weight excluding hydrogens is 258 g/mol. The van der Waals surface area contributed by atoms with E-state index >= 15 is 0 Å². The summed E-state index contributed by atoms with van der Waals surface area (Å²) in [7, 11) is 0. The van der Waals surface area contributed by atoms with Gasteiger partial charge in [0, 0.05) is 17.1 Å². The van der Waals surface area contributed by atoms with E-state index in [0.29, 0.717) is 12.2 Å². The van der Waals surface area contributed by atoms with E-state index in [-0.39, 0.29) is 5.91 Å². The number of nitrogens with zero attached hydrogens (tertiary/aromatic N) is 1. The maximum absolute atomic E-state index is 11.9. The molecule has 0 unspecified atom stereocenters. The van der Waals surface area contributed by atoms with Crippen LogP contribution in [0.15, 0.2) is 17.5 Å². The molecule has 0 aromatic carbocycles.